The van der Waals surface area contributed by atoms with Crippen molar-refractivity contribution in [2.24, 2.45) is 4.99 Å². The second kappa shape index (κ2) is 2.84. The predicted molar refractivity (Wildman–Crippen MR) is 51.8 cm³/mol. The Morgan fingerprint density at radius 2 is 2.08 bits per heavy atom. The van der Waals surface area contributed by atoms with E-state index in [1.54, 1.807) is 0 Å². The molecule has 1 saturated heterocycles. The van der Waals surface area contributed by atoms with Gasteiger partial charge in [0.15, 0.2) is 0 Å². The summed E-state index contributed by atoms with van der Waals surface area (Å²) in [5, 5.41) is 0. The molecule has 1 rings (SSSR count). The molecule has 0 radical (unpaired) electrons. The van der Waals surface area contributed by atoms with Crippen LogP contribution in [-0.2, 0) is 4.74 Å². The first-order chi connectivity index (χ1) is 5.37. The third-order valence-electron chi connectivity index (χ3n) is 2.06. The first-order valence-electron chi connectivity index (χ1n) is 4.61. The zero-order chi connectivity index (χ0) is 9.41. The maximum atomic E-state index is 5.50. The molecule has 0 amide bonds. The van der Waals surface area contributed by atoms with Gasteiger partial charge in [0.05, 0.1) is 11.6 Å². The molecule has 0 unspecified atom stereocenters. The smallest absolute Gasteiger partial charge is 0.126 e. The van der Waals surface area contributed by atoms with Crippen LogP contribution in [0.2, 0.25) is 0 Å². The summed E-state index contributed by atoms with van der Waals surface area (Å²) in [5.41, 5.74) is -0.0463. The number of hydrogen-bond donors (Lipinski definition) is 0. The first kappa shape index (κ1) is 9.72. The summed E-state index contributed by atoms with van der Waals surface area (Å²) >= 11 is 0. The van der Waals surface area contributed by atoms with E-state index in [2.05, 4.69) is 39.6 Å². The monoisotopic (exact) mass is 169 g/mol. The quantitative estimate of drug-likeness (QED) is 0.460. The molecule has 2 atom stereocenters. The van der Waals surface area contributed by atoms with Crippen LogP contribution in [0.15, 0.2) is 4.99 Å². The second-order valence-corrected chi connectivity index (χ2v) is 4.63. The summed E-state index contributed by atoms with van der Waals surface area (Å²) in [6.07, 6.45) is 3.43. The van der Waals surface area contributed by atoms with Gasteiger partial charge in [-0.2, -0.15) is 0 Å². The lowest BCUT2D eigenvalue weighted by Gasteiger charge is -2.11. The number of aliphatic imine (C=N–C) groups is 1. The lowest BCUT2D eigenvalue weighted by Crippen LogP contribution is -2.17. The van der Waals surface area contributed by atoms with Crippen LogP contribution in [0, 0.1) is 0 Å². The lowest BCUT2D eigenvalue weighted by atomic mass is 10.1. The van der Waals surface area contributed by atoms with Gasteiger partial charge in [0, 0.05) is 6.21 Å². The fourth-order valence-corrected chi connectivity index (χ4v) is 1.20. The Bertz CT molecular complexity index is 193. The van der Waals surface area contributed by atoms with E-state index in [1.807, 2.05) is 6.21 Å². The number of ether oxygens (including phenoxy) is 1. The van der Waals surface area contributed by atoms with E-state index in [0.717, 1.165) is 6.42 Å². The fourth-order valence-electron chi connectivity index (χ4n) is 1.20. The highest BCUT2D eigenvalue weighted by Gasteiger charge is 2.49. The molecular formula is C10H19NO. The highest BCUT2D eigenvalue weighted by molar-refractivity contribution is 5.73. The van der Waals surface area contributed by atoms with E-state index in [9.17, 15) is 0 Å². The summed E-state index contributed by atoms with van der Waals surface area (Å²) in [7, 11) is 0. The minimum absolute atomic E-state index is 0.0211. The van der Waals surface area contributed by atoms with E-state index >= 15 is 0 Å². The van der Waals surface area contributed by atoms with Crippen LogP contribution >= 0.6 is 0 Å². The van der Waals surface area contributed by atoms with Crippen molar-refractivity contribution >= 4 is 6.21 Å². The minimum Gasteiger partial charge on any atom is -0.360 e. The van der Waals surface area contributed by atoms with Gasteiger partial charge >= 0.3 is 0 Å². The van der Waals surface area contributed by atoms with Gasteiger partial charge in [-0.05, 0) is 34.1 Å². The molecule has 12 heavy (non-hydrogen) atoms. The highest BCUT2D eigenvalue weighted by Crippen LogP contribution is 2.36. The standard InChI is InChI=1S/C10H19NO/c1-6-8-10(5,12-8)7-11-9(2,3)4/h7-8H,6H2,1-5H3/t8-,10-/m1/s1. The fraction of sp³-hybridized carbons (Fsp3) is 0.900. The van der Waals surface area contributed by atoms with E-state index in [0.29, 0.717) is 6.10 Å². The predicted octanol–water partition coefficient (Wildman–Crippen LogP) is 2.42. The van der Waals surface area contributed by atoms with Crippen molar-refractivity contribution in [1.29, 1.82) is 0 Å². The summed E-state index contributed by atoms with van der Waals surface area (Å²) in [5.74, 6) is 0. The number of hydrogen-bond acceptors (Lipinski definition) is 2. The molecule has 0 aromatic carbocycles. The average molecular weight is 169 g/mol. The summed E-state index contributed by atoms with van der Waals surface area (Å²) in [6.45, 7) is 10.5. The van der Waals surface area contributed by atoms with E-state index < -0.39 is 0 Å². The molecular weight excluding hydrogens is 150 g/mol. The Hall–Kier alpha value is -0.370. The van der Waals surface area contributed by atoms with Gasteiger partial charge in [-0.3, -0.25) is 4.99 Å². The molecule has 1 heterocycles. The molecule has 0 aliphatic carbocycles. The zero-order valence-corrected chi connectivity index (χ0v) is 8.72. The van der Waals surface area contributed by atoms with Crippen molar-refractivity contribution in [3.05, 3.63) is 0 Å². The molecule has 0 bridgehead atoms. The van der Waals surface area contributed by atoms with Gasteiger partial charge in [-0.25, -0.2) is 0 Å². The van der Waals surface area contributed by atoms with Crippen LogP contribution in [0.3, 0.4) is 0 Å². The third kappa shape index (κ3) is 2.31. The van der Waals surface area contributed by atoms with Crippen molar-refractivity contribution in [2.75, 3.05) is 0 Å². The van der Waals surface area contributed by atoms with Crippen molar-refractivity contribution in [2.45, 2.75) is 58.3 Å². The molecule has 70 valence electrons. The summed E-state index contributed by atoms with van der Waals surface area (Å²) < 4.78 is 5.50. The van der Waals surface area contributed by atoms with Crippen molar-refractivity contribution in [3.63, 3.8) is 0 Å². The molecule has 0 N–H and O–H groups in total. The first-order valence-corrected chi connectivity index (χ1v) is 4.61. The van der Waals surface area contributed by atoms with Gasteiger partial charge < -0.3 is 4.74 Å². The average Bonchev–Trinajstić information content (AvgIpc) is 2.58. The normalized spacial score (nSPS) is 35.9. The Labute approximate surface area is 75.0 Å². The maximum absolute atomic E-state index is 5.50. The van der Waals surface area contributed by atoms with Gasteiger partial charge in [-0.1, -0.05) is 6.92 Å². The molecule has 2 nitrogen and oxygen atoms in total. The number of nitrogens with zero attached hydrogens (tertiary/aromatic N) is 1. The summed E-state index contributed by atoms with van der Waals surface area (Å²) in [6, 6.07) is 0. The molecule has 0 aromatic heterocycles. The largest absolute Gasteiger partial charge is 0.360 e. The molecule has 1 aliphatic rings. The Balaban J connectivity index is 2.48. The molecule has 0 spiro atoms. The van der Waals surface area contributed by atoms with Gasteiger partial charge in [-0.15, -0.1) is 0 Å². The van der Waals surface area contributed by atoms with Crippen LogP contribution in [0.1, 0.15) is 41.0 Å². The Morgan fingerprint density at radius 3 is 2.42 bits per heavy atom. The topological polar surface area (TPSA) is 24.9 Å². The van der Waals surface area contributed by atoms with Crippen molar-refractivity contribution in [3.8, 4) is 0 Å². The highest BCUT2D eigenvalue weighted by atomic mass is 16.6. The van der Waals surface area contributed by atoms with Crippen LogP contribution in [-0.4, -0.2) is 23.5 Å². The van der Waals surface area contributed by atoms with Gasteiger partial charge in [0.2, 0.25) is 0 Å². The molecule has 2 heteroatoms. The van der Waals surface area contributed by atoms with Gasteiger partial charge in [0.1, 0.15) is 5.60 Å². The van der Waals surface area contributed by atoms with Crippen LogP contribution in [0.25, 0.3) is 0 Å². The number of epoxide rings is 1. The molecule has 0 saturated carbocycles. The maximum Gasteiger partial charge on any atom is 0.126 e. The molecule has 1 aliphatic heterocycles. The van der Waals surface area contributed by atoms with Crippen LogP contribution in [0.4, 0.5) is 0 Å². The number of rotatable bonds is 2. The minimum atomic E-state index is -0.0674. The SMILES string of the molecule is CC[C@H]1O[C@]1(C)C=NC(C)(C)C. The van der Waals surface area contributed by atoms with Crippen LogP contribution in [0.5, 0.6) is 0 Å². The summed E-state index contributed by atoms with van der Waals surface area (Å²) in [4.78, 5) is 4.44. The lowest BCUT2D eigenvalue weighted by molar-refractivity contribution is 0.352. The third-order valence-corrected chi connectivity index (χ3v) is 2.06. The van der Waals surface area contributed by atoms with E-state index in [-0.39, 0.29) is 11.1 Å². The van der Waals surface area contributed by atoms with Crippen molar-refractivity contribution in [1.82, 2.24) is 0 Å². The van der Waals surface area contributed by atoms with E-state index in [1.165, 1.54) is 0 Å². The Morgan fingerprint density at radius 1 is 1.50 bits per heavy atom. The zero-order valence-electron chi connectivity index (χ0n) is 8.72. The molecule has 1 fully saturated rings. The molecule has 0 aromatic rings. The van der Waals surface area contributed by atoms with Crippen molar-refractivity contribution < 1.29 is 4.74 Å². The Kier molecular flexibility index (Phi) is 2.30. The van der Waals surface area contributed by atoms with E-state index in [4.69, 9.17) is 4.74 Å². The second-order valence-electron chi connectivity index (χ2n) is 4.63. The van der Waals surface area contributed by atoms with Crippen LogP contribution < -0.4 is 0 Å². The van der Waals surface area contributed by atoms with Gasteiger partial charge in [0.25, 0.3) is 0 Å².